The average Bonchev–Trinajstić information content (AvgIpc) is 3.24. The minimum absolute atomic E-state index is 0.0952. The lowest BCUT2D eigenvalue weighted by Gasteiger charge is -2.13. The molecule has 0 bridgehead atoms. The molecule has 0 radical (unpaired) electrons. The van der Waals surface area contributed by atoms with Gasteiger partial charge in [0.15, 0.2) is 11.5 Å². The van der Waals surface area contributed by atoms with Crippen molar-refractivity contribution in [1.29, 1.82) is 0 Å². The van der Waals surface area contributed by atoms with Crippen molar-refractivity contribution >= 4 is 5.91 Å². The summed E-state index contributed by atoms with van der Waals surface area (Å²) in [5, 5.41) is 6.32. The highest BCUT2D eigenvalue weighted by atomic mass is 16.5. The lowest BCUT2D eigenvalue weighted by atomic mass is 10.0. The molecule has 2 N–H and O–H groups in total. The summed E-state index contributed by atoms with van der Waals surface area (Å²) in [6, 6.07) is 9.57. The van der Waals surface area contributed by atoms with Crippen LogP contribution < -0.4 is 20.1 Å². The number of carbonyl (C=O) groups is 1. The van der Waals surface area contributed by atoms with E-state index in [0.29, 0.717) is 37.0 Å². The zero-order valence-electron chi connectivity index (χ0n) is 15.7. The number of amides is 1. The fraction of sp³-hybridized carbons (Fsp3) is 0.429. The molecule has 144 valence electrons. The van der Waals surface area contributed by atoms with Crippen LogP contribution in [0.5, 0.6) is 11.5 Å². The van der Waals surface area contributed by atoms with Crippen molar-refractivity contribution in [3.8, 4) is 11.5 Å². The Bertz CT molecular complexity index is 731. The number of benzene rings is 1. The summed E-state index contributed by atoms with van der Waals surface area (Å²) in [5.74, 6) is 2.05. The fourth-order valence-corrected chi connectivity index (χ4v) is 3.17. The summed E-state index contributed by atoms with van der Waals surface area (Å²) in [7, 11) is 1.62. The van der Waals surface area contributed by atoms with Crippen LogP contribution in [0, 0.1) is 5.92 Å². The Morgan fingerprint density at radius 3 is 2.96 bits per heavy atom. The number of pyridine rings is 1. The van der Waals surface area contributed by atoms with Gasteiger partial charge < -0.3 is 20.1 Å². The fourth-order valence-electron chi connectivity index (χ4n) is 3.17. The molecule has 6 heteroatoms. The van der Waals surface area contributed by atoms with Gasteiger partial charge in [0.25, 0.3) is 0 Å². The topological polar surface area (TPSA) is 72.5 Å². The van der Waals surface area contributed by atoms with E-state index in [0.717, 1.165) is 30.6 Å². The quantitative estimate of drug-likeness (QED) is 0.711. The van der Waals surface area contributed by atoms with Crippen LogP contribution >= 0.6 is 0 Å². The third kappa shape index (κ3) is 5.96. The number of hydrogen-bond donors (Lipinski definition) is 2. The molecule has 1 aliphatic heterocycles. The summed E-state index contributed by atoms with van der Waals surface area (Å²) >= 11 is 0. The van der Waals surface area contributed by atoms with Crippen LogP contribution in [0.1, 0.15) is 30.4 Å². The molecule has 1 fully saturated rings. The maximum absolute atomic E-state index is 12.1. The zero-order valence-corrected chi connectivity index (χ0v) is 15.7. The van der Waals surface area contributed by atoms with Gasteiger partial charge in [0.2, 0.25) is 5.91 Å². The minimum atomic E-state index is 0.0952. The van der Waals surface area contributed by atoms with E-state index in [9.17, 15) is 4.79 Å². The molecule has 1 aliphatic rings. The highest BCUT2D eigenvalue weighted by Gasteiger charge is 2.15. The predicted octanol–water partition coefficient (Wildman–Crippen LogP) is 2.68. The Morgan fingerprint density at radius 2 is 2.22 bits per heavy atom. The third-order valence-corrected chi connectivity index (χ3v) is 4.78. The molecule has 1 amide bonds. The van der Waals surface area contributed by atoms with Gasteiger partial charge in [0.05, 0.1) is 7.11 Å². The van der Waals surface area contributed by atoms with Crippen molar-refractivity contribution in [3.05, 3.63) is 53.9 Å². The van der Waals surface area contributed by atoms with E-state index in [-0.39, 0.29) is 5.91 Å². The molecule has 0 saturated carbocycles. The lowest BCUT2D eigenvalue weighted by molar-refractivity contribution is -0.121. The first kappa shape index (κ1) is 19.2. The monoisotopic (exact) mass is 369 g/mol. The van der Waals surface area contributed by atoms with Gasteiger partial charge in [0.1, 0.15) is 6.61 Å². The van der Waals surface area contributed by atoms with E-state index >= 15 is 0 Å². The molecule has 1 aromatic heterocycles. The van der Waals surface area contributed by atoms with Gasteiger partial charge in [0, 0.05) is 30.9 Å². The highest BCUT2D eigenvalue weighted by Crippen LogP contribution is 2.28. The van der Waals surface area contributed by atoms with Crippen molar-refractivity contribution in [2.45, 2.75) is 32.4 Å². The van der Waals surface area contributed by atoms with Crippen LogP contribution in [0.2, 0.25) is 0 Å². The van der Waals surface area contributed by atoms with Crippen molar-refractivity contribution in [2.75, 3.05) is 20.2 Å². The van der Waals surface area contributed by atoms with E-state index < -0.39 is 0 Å². The summed E-state index contributed by atoms with van der Waals surface area (Å²) in [6.07, 6.45) is 6.21. The molecule has 2 aromatic rings. The lowest BCUT2D eigenvalue weighted by Crippen LogP contribution is -2.23. The molecule has 1 unspecified atom stereocenters. The third-order valence-electron chi connectivity index (χ3n) is 4.78. The Labute approximate surface area is 160 Å². The van der Waals surface area contributed by atoms with Crippen molar-refractivity contribution < 1.29 is 14.3 Å². The van der Waals surface area contributed by atoms with Gasteiger partial charge >= 0.3 is 0 Å². The highest BCUT2D eigenvalue weighted by molar-refractivity contribution is 5.75. The molecule has 0 spiro atoms. The van der Waals surface area contributed by atoms with E-state index in [1.807, 2.05) is 30.3 Å². The van der Waals surface area contributed by atoms with Crippen molar-refractivity contribution in [3.63, 3.8) is 0 Å². The Hall–Kier alpha value is -2.60. The first-order valence-corrected chi connectivity index (χ1v) is 9.40. The summed E-state index contributed by atoms with van der Waals surface area (Å²) in [4.78, 5) is 16.1. The number of hydrogen-bond acceptors (Lipinski definition) is 5. The molecule has 1 aromatic carbocycles. The number of rotatable bonds is 9. The average molecular weight is 369 g/mol. The minimum Gasteiger partial charge on any atom is -0.493 e. The predicted molar refractivity (Wildman–Crippen MR) is 104 cm³/mol. The van der Waals surface area contributed by atoms with Crippen molar-refractivity contribution in [2.24, 2.45) is 5.92 Å². The molecule has 1 atom stereocenters. The largest absolute Gasteiger partial charge is 0.493 e. The number of carbonyl (C=O) groups excluding carboxylic acids is 1. The molecule has 6 nitrogen and oxygen atoms in total. The van der Waals surface area contributed by atoms with E-state index in [2.05, 4.69) is 15.6 Å². The zero-order chi connectivity index (χ0) is 18.9. The second-order valence-corrected chi connectivity index (χ2v) is 6.81. The molecular formula is C21H27N3O3. The summed E-state index contributed by atoms with van der Waals surface area (Å²) in [5.41, 5.74) is 1.98. The van der Waals surface area contributed by atoms with E-state index in [1.54, 1.807) is 19.5 Å². The van der Waals surface area contributed by atoms with Crippen LogP contribution in [-0.4, -0.2) is 31.1 Å². The van der Waals surface area contributed by atoms with Crippen LogP contribution in [0.25, 0.3) is 0 Å². The summed E-state index contributed by atoms with van der Waals surface area (Å²) in [6.45, 7) is 3.02. The number of nitrogens with one attached hydrogen (secondary N) is 2. The van der Waals surface area contributed by atoms with Gasteiger partial charge in [-0.15, -0.1) is 0 Å². The number of aromatic nitrogens is 1. The Morgan fingerprint density at radius 1 is 1.30 bits per heavy atom. The summed E-state index contributed by atoms with van der Waals surface area (Å²) < 4.78 is 11.3. The molecule has 1 saturated heterocycles. The second kappa shape index (κ2) is 9.92. The smallest absolute Gasteiger partial charge is 0.220 e. The van der Waals surface area contributed by atoms with Crippen LogP contribution in [0.4, 0.5) is 0 Å². The molecule has 0 aliphatic carbocycles. The number of methoxy groups -OCH3 is 1. The van der Waals surface area contributed by atoms with Crippen molar-refractivity contribution in [1.82, 2.24) is 15.6 Å². The molecule has 27 heavy (non-hydrogen) atoms. The van der Waals surface area contributed by atoms with Gasteiger partial charge in [-0.25, -0.2) is 0 Å². The standard InChI is InChI=1S/C21H27N3O3/c1-26-20-11-17(14-24-21(25)7-5-16-8-10-23-12-16)4-6-19(20)27-15-18-3-2-9-22-13-18/h2-4,6,9,11,13,16,23H,5,7-8,10,12,14-15H2,1H3,(H,24,25). The number of nitrogens with zero attached hydrogens (tertiary/aromatic N) is 1. The van der Waals surface area contributed by atoms with E-state index in [1.165, 1.54) is 6.42 Å². The van der Waals surface area contributed by atoms with Crippen LogP contribution in [0.15, 0.2) is 42.7 Å². The maximum atomic E-state index is 12.1. The second-order valence-electron chi connectivity index (χ2n) is 6.81. The first-order valence-electron chi connectivity index (χ1n) is 9.40. The molecule has 3 rings (SSSR count). The van der Waals surface area contributed by atoms with E-state index in [4.69, 9.17) is 9.47 Å². The van der Waals surface area contributed by atoms with Crippen LogP contribution in [0.3, 0.4) is 0 Å². The molecule has 2 heterocycles. The van der Waals surface area contributed by atoms with Gasteiger partial charge in [-0.2, -0.15) is 0 Å². The Kier molecular flexibility index (Phi) is 7.04. The Balaban J connectivity index is 1.48. The van der Waals surface area contributed by atoms with Gasteiger partial charge in [-0.05, 0) is 55.6 Å². The van der Waals surface area contributed by atoms with Crippen LogP contribution in [-0.2, 0) is 17.9 Å². The normalized spacial score (nSPS) is 16.1. The van der Waals surface area contributed by atoms with Gasteiger partial charge in [-0.3, -0.25) is 9.78 Å². The SMILES string of the molecule is COc1cc(CNC(=O)CCC2CCNC2)ccc1OCc1cccnc1. The maximum Gasteiger partial charge on any atom is 0.220 e. The molecular weight excluding hydrogens is 342 g/mol. The number of ether oxygens (including phenoxy) is 2. The van der Waals surface area contributed by atoms with Gasteiger partial charge in [-0.1, -0.05) is 12.1 Å². The first-order chi connectivity index (χ1) is 13.2.